The summed E-state index contributed by atoms with van der Waals surface area (Å²) in [7, 11) is 1.93. The second kappa shape index (κ2) is 7.50. The van der Waals surface area contributed by atoms with E-state index in [4.69, 9.17) is 0 Å². The van der Waals surface area contributed by atoms with Gasteiger partial charge in [0.05, 0.1) is 0 Å². The molecule has 3 N–H and O–H groups in total. The Bertz CT molecular complexity index is 428. The summed E-state index contributed by atoms with van der Waals surface area (Å²) in [6, 6.07) is 4.10. The SMILES string of the molecule is CCCNCc1cc(NC)cc(CN2CCCC2)c1O. The van der Waals surface area contributed by atoms with Crippen molar-refractivity contribution in [1.29, 1.82) is 0 Å². The van der Waals surface area contributed by atoms with E-state index in [1.807, 2.05) is 13.1 Å². The molecule has 0 atom stereocenters. The molecule has 112 valence electrons. The number of hydrogen-bond acceptors (Lipinski definition) is 4. The van der Waals surface area contributed by atoms with Crippen molar-refractivity contribution < 1.29 is 5.11 Å². The van der Waals surface area contributed by atoms with Crippen molar-refractivity contribution in [3.05, 3.63) is 23.3 Å². The van der Waals surface area contributed by atoms with Gasteiger partial charge in [-0.3, -0.25) is 4.90 Å². The Kier molecular flexibility index (Phi) is 5.68. The third-order valence-corrected chi connectivity index (χ3v) is 3.89. The molecule has 1 aromatic carbocycles. The second-order valence-electron chi connectivity index (χ2n) is 5.55. The predicted octanol–water partition coefficient (Wildman–Crippen LogP) is 2.53. The number of rotatable bonds is 7. The Morgan fingerprint density at radius 3 is 2.55 bits per heavy atom. The first kappa shape index (κ1) is 15.1. The Labute approximate surface area is 122 Å². The van der Waals surface area contributed by atoms with E-state index in [1.54, 1.807) is 0 Å². The highest BCUT2D eigenvalue weighted by atomic mass is 16.3. The van der Waals surface area contributed by atoms with Gasteiger partial charge in [0.15, 0.2) is 0 Å². The maximum absolute atomic E-state index is 10.5. The number of phenolic OH excluding ortho intramolecular Hbond substituents is 1. The monoisotopic (exact) mass is 277 g/mol. The summed E-state index contributed by atoms with van der Waals surface area (Å²) in [6.45, 7) is 6.99. The number of phenols is 1. The van der Waals surface area contributed by atoms with Gasteiger partial charge in [-0.2, -0.15) is 0 Å². The molecule has 0 aromatic heterocycles. The summed E-state index contributed by atoms with van der Waals surface area (Å²) in [4.78, 5) is 2.41. The minimum Gasteiger partial charge on any atom is -0.507 e. The van der Waals surface area contributed by atoms with Crippen LogP contribution in [0, 0.1) is 0 Å². The number of nitrogens with zero attached hydrogens (tertiary/aromatic N) is 1. The lowest BCUT2D eigenvalue weighted by Crippen LogP contribution is -2.19. The second-order valence-corrected chi connectivity index (χ2v) is 5.55. The van der Waals surface area contributed by atoms with Crippen LogP contribution in [-0.4, -0.2) is 36.7 Å². The van der Waals surface area contributed by atoms with Crippen LogP contribution in [0.1, 0.15) is 37.3 Å². The van der Waals surface area contributed by atoms with Crippen LogP contribution in [0.3, 0.4) is 0 Å². The standard InChI is InChI=1S/C16H27N3O/c1-3-6-18-11-13-9-15(17-2)10-14(16(13)20)12-19-7-4-5-8-19/h9-10,17-18,20H,3-8,11-12H2,1-2H3. The largest absolute Gasteiger partial charge is 0.507 e. The first-order chi connectivity index (χ1) is 9.74. The van der Waals surface area contributed by atoms with Gasteiger partial charge in [-0.25, -0.2) is 0 Å². The fourth-order valence-corrected chi connectivity index (χ4v) is 2.74. The molecule has 0 saturated carbocycles. The summed E-state index contributed by atoms with van der Waals surface area (Å²) in [5.41, 5.74) is 3.09. The van der Waals surface area contributed by atoms with Gasteiger partial charge >= 0.3 is 0 Å². The number of likely N-dealkylation sites (tertiary alicyclic amines) is 1. The lowest BCUT2D eigenvalue weighted by atomic mass is 10.1. The molecule has 1 saturated heterocycles. The third-order valence-electron chi connectivity index (χ3n) is 3.89. The van der Waals surface area contributed by atoms with Crippen molar-refractivity contribution >= 4 is 5.69 Å². The minimum absolute atomic E-state index is 0.458. The van der Waals surface area contributed by atoms with Crippen LogP contribution < -0.4 is 10.6 Å². The third kappa shape index (κ3) is 3.87. The van der Waals surface area contributed by atoms with Crippen LogP contribution in [0.25, 0.3) is 0 Å². The van der Waals surface area contributed by atoms with Crippen LogP contribution in [0.15, 0.2) is 12.1 Å². The molecule has 1 fully saturated rings. The zero-order valence-electron chi connectivity index (χ0n) is 12.7. The molecular weight excluding hydrogens is 250 g/mol. The summed E-state index contributed by atoms with van der Waals surface area (Å²) < 4.78 is 0. The number of aromatic hydroxyl groups is 1. The summed E-state index contributed by atoms with van der Waals surface area (Å²) in [5.74, 6) is 0.458. The number of hydrogen-bond donors (Lipinski definition) is 3. The van der Waals surface area contributed by atoms with E-state index < -0.39 is 0 Å². The smallest absolute Gasteiger partial charge is 0.124 e. The molecule has 0 spiro atoms. The lowest BCUT2D eigenvalue weighted by molar-refractivity contribution is 0.323. The van der Waals surface area contributed by atoms with Gasteiger partial charge in [0.25, 0.3) is 0 Å². The van der Waals surface area contributed by atoms with Gasteiger partial charge < -0.3 is 15.7 Å². The zero-order valence-corrected chi connectivity index (χ0v) is 12.7. The summed E-state index contributed by atoms with van der Waals surface area (Å²) >= 11 is 0. The number of nitrogens with one attached hydrogen (secondary N) is 2. The van der Waals surface area contributed by atoms with Crippen molar-refractivity contribution in [1.82, 2.24) is 10.2 Å². The minimum atomic E-state index is 0.458. The Hall–Kier alpha value is -1.26. The Morgan fingerprint density at radius 2 is 1.90 bits per heavy atom. The highest BCUT2D eigenvalue weighted by molar-refractivity contribution is 5.55. The molecule has 0 amide bonds. The highest BCUT2D eigenvalue weighted by Crippen LogP contribution is 2.29. The fourth-order valence-electron chi connectivity index (χ4n) is 2.74. The molecule has 1 aliphatic rings. The Balaban J connectivity index is 2.13. The van der Waals surface area contributed by atoms with Gasteiger partial charge in [-0.05, 0) is 51.0 Å². The van der Waals surface area contributed by atoms with Crippen molar-refractivity contribution in [3.63, 3.8) is 0 Å². The van der Waals surface area contributed by atoms with Crippen LogP contribution in [0.4, 0.5) is 5.69 Å². The molecular formula is C16H27N3O. The van der Waals surface area contributed by atoms with Crippen LogP contribution in [0.2, 0.25) is 0 Å². The van der Waals surface area contributed by atoms with E-state index in [1.165, 1.54) is 12.8 Å². The molecule has 2 rings (SSSR count). The van der Waals surface area contributed by atoms with Crippen molar-refractivity contribution in [2.75, 3.05) is 32.0 Å². The Morgan fingerprint density at radius 1 is 1.20 bits per heavy atom. The van der Waals surface area contributed by atoms with Gasteiger partial charge in [0.2, 0.25) is 0 Å². The summed E-state index contributed by atoms with van der Waals surface area (Å²) in [6.07, 6.45) is 3.65. The predicted molar refractivity (Wildman–Crippen MR) is 84.2 cm³/mol. The highest BCUT2D eigenvalue weighted by Gasteiger charge is 2.16. The molecule has 0 unspecified atom stereocenters. The van der Waals surface area contributed by atoms with Crippen molar-refractivity contribution in [3.8, 4) is 5.75 Å². The normalized spacial score (nSPS) is 15.7. The zero-order chi connectivity index (χ0) is 14.4. The van der Waals surface area contributed by atoms with E-state index in [2.05, 4.69) is 28.5 Å². The maximum atomic E-state index is 10.5. The van der Waals surface area contributed by atoms with Gasteiger partial charge in [-0.1, -0.05) is 6.92 Å². The van der Waals surface area contributed by atoms with Gasteiger partial charge in [0.1, 0.15) is 5.75 Å². The van der Waals surface area contributed by atoms with Crippen LogP contribution >= 0.6 is 0 Å². The lowest BCUT2D eigenvalue weighted by Gasteiger charge is -2.18. The van der Waals surface area contributed by atoms with Crippen LogP contribution in [0.5, 0.6) is 5.75 Å². The fraction of sp³-hybridized carbons (Fsp3) is 0.625. The summed E-state index contributed by atoms with van der Waals surface area (Å²) in [5, 5.41) is 17.0. The molecule has 1 heterocycles. The van der Waals surface area contributed by atoms with E-state index in [9.17, 15) is 5.11 Å². The molecule has 0 aliphatic carbocycles. The maximum Gasteiger partial charge on any atom is 0.124 e. The molecule has 0 bridgehead atoms. The number of benzene rings is 1. The van der Waals surface area contributed by atoms with E-state index in [0.29, 0.717) is 5.75 Å². The van der Waals surface area contributed by atoms with E-state index >= 15 is 0 Å². The molecule has 20 heavy (non-hydrogen) atoms. The molecule has 4 nitrogen and oxygen atoms in total. The van der Waals surface area contributed by atoms with Crippen LogP contribution in [-0.2, 0) is 13.1 Å². The first-order valence-electron chi connectivity index (χ1n) is 7.70. The van der Waals surface area contributed by atoms with E-state index in [0.717, 1.165) is 56.0 Å². The van der Waals surface area contributed by atoms with Crippen molar-refractivity contribution in [2.45, 2.75) is 39.3 Å². The quantitative estimate of drug-likeness (QED) is 0.529. The average Bonchev–Trinajstić information content (AvgIpc) is 2.96. The topological polar surface area (TPSA) is 47.5 Å². The van der Waals surface area contributed by atoms with Gasteiger partial charge in [-0.15, -0.1) is 0 Å². The first-order valence-corrected chi connectivity index (χ1v) is 7.70. The molecule has 1 aromatic rings. The molecule has 1 aliphatic heterocycles. The van der Waals surface area contributed by atoms with E-state index in [-0.39, 0.29) is 0 Å². The number of anilines is 1. The van der Waals surface area contributed by atoms with Crippen molar-refractivity contribution in [2.24, 2.45) is 0 Å². The molecule has 0 radical (unpaired) electrons. The molecule has 4 heteroatoms. The average molecular weight is 277 g/mol. The van der Waals surface area contributed by atoms with Gasteiger partial charge in [0, 0.05) is 37.0 Å².